The van der Waals surface area contributed by atoms with Gasteiger partial charge in [-0.3, -0.25) is 14.5 Å². The Bertz CT molecular complexity index is 955. The molecule has 5 nitrogen and oxygen atoms in total. The molecule has 0 saturated carbocycles. The molecule has 29 heavy (non-hydrogen) atoms. The molecule has 0 fully saturated rings. The summed E-state index contributed by atoms with van der Waals surface area (Å²) in [5, 5.41) is 4.28. The maximum Gasteiger partial charge on any atom is 0.278 e. The summed E-state index contributed by atoms with van der Waals surface area (Å²) in [6.45, 7) is 5.13. The molecule has 0 aliphatic carbocycles. The molecular formula is C22H22Cl2N2O3. The second-order valence-electron chi connectivity index (χ2n) is 6.61. The molecule has 1 aliphatic heterocycles. The van der Waals surface area contributed by atoms with Gasteiger partial charge in [0.1, 0.15) is 5.70 Å². The first kappa shape index (κ1) is 21.4. The molecule has 0 bridgehead atoms. The van der Waals surface area contributed by atoms with E-state index in [1.807, 2.05) is 19.9 Å². The van der Waals surface area contributed by atoms with Crippen LogP contribution in [0.25, 0.3) is 5.57 Å². The molecule has 2 aromatic rings. The fraction of sp³-hybridized carbons (Fsp3) is 0.273. The van der Waals surface area contributed by atoms with Crippen LogP contribution in [0.2, 0.25) is 10.0 Å². The van der Waals surface area contributed by atoms with Crippen LogP contribution in [0, 0.1) is 6.92 Å². The molecule has 3 rings (SSSR count). The van der Waals surface area contributed by atoms with Crippen molar-refractivity contribution in [3.63, 3.8) is 0 Å². The second kappa shape index (κ2) is 9.44. The van der Waals surface area contributed by atoms with Crippen molar-refractivity contribution in [3.8, 4) is 0 Å². The number of benzene rings is 2. The third kappa shape index (κ3) is 4.64. The SMILES string of the molecule is CCOCCCN1C(=O)C(Nc2cccc(Cl)c2C)=C(c2ccc(Cl)cc2)C1=O. The topological polar surface area (TPSA) is 58.6 Å². The number of halogens is 2. The molecule has 1 N–H and O–H groups in total. The number of imide groups is 1. The summed E-state index contributed by atoms with van der Waals surface area (Å²) in [7, 11) is 0. The van der Waals surface area contributed by atoms with Crippen LogP contribution in [0.5, 0.6) is 0 Å². The van der Waals surface area contributed by atoms with E-state index in [2.05, 4.69) is 5.32 Å². The van der Waals surface area contributed by atoms with E-state index in [4.69, 9.17) is 27.9 Å². The number of anilines is 1. The third-order valence-corrected chi connectivity index (χ3v) is 5.36. The maximum atomic E-state index is 13.1. The standard InChI is InChI=1S/C22H22Cl2N2O3/c1-3-29-13-5-12-26-21(27)19(15-8-10-16(23)11-9-15)20(22(26)28)25-18-7-4-6-17(24)14(18)2/h4,6-11,25H,3,5,12-13H2,1-2H3. The number of amides is 2. The Morgan fingerprint density at radius 1 is 1.03 bits per heavy atom. The molecule has 2 aromatic carbocycles. The Morgan fingerprint density at radius 2 is 1.76 bits per heavy atom. The van der Waals surface area contributed by atoms with Gasteiger partial charge in [-0.15, -0.1) is 0 Å². The molecule has 0 atom stereocenters. The number of rotatable bonds is 8. The van der Waals surface area contributed by atoms with E-state index in [1.165, 1.54) is 4.90 Å². The highest BCUT2D eigenvalue weighted by Gasteiger charge is 2.39. The lowest BCUT2D eigenvalue weighted by molar-refractivity contribution is -0.137. The third-order valence-electron chi connectivity index (χ3n) is 4.70. The summed E-state index contributed by atoms with van der Waals surface area (Å²) in [6, 6.07) is 12.3. The van der Waals surface area contributed by atoms with Crippen LogP contribution in [0.4, 0.5) is 5.69 Å². The summed E-state index contributed by atoms with van der Waals surface area (Å²) in [5.74, 6) is -0.702. The zero-order valence-corrected chi connectivity index (χ0v) is 17.8. The minimum atomic E-state index is -0.365. The van der Waals surface area contributed by atoms with Gasteiger partial charge in [-0.2, -0.15) is 0 Å². The fourth-order valence-corrected chi connectivity index (χ4v) is 3.43. The molecule has 0 saturated heterocycles. The van der Waals surface area contributed by atoms with Crippen LogP contribution in [0.3, 0.4) is 0 Å². The highest BCUT2D eigenvalue weighted by molar-refractivity contribution is 6.37. The van der Waals surface area contributed by atoms with Gasteiger partial charge in [0.05, 0.1) is 5.57 Å². The number of nitrogens with one attached hydrogen (secondary N) is 1. The lowest BCUT2D eigenvalue weighted by Crippen LogP contribution is -2.34. The van der Waals surface area contributed by atoms with Gasteiger partial charge in [-0.25, -0.2) is 0 Å². The van der Waals surface area contributed by atoms with Gasteiger partial charge in [0.15, 0.2) is 0 Å². The van der Waals surface area contributed by atoms with E-state index in [9.17, 15) is 9.59 Å². The predicted molar refractivity (Wildman–Crippen MR) is 116 cm³/mol. The van der Waals surface area contributed by atoms with E-state index >= 15 is 0 Å². The molecule has 0 radical (unpaired) electrons. The molecule has 7 heteroatoms. The first-order valence-corrected chi connectivity index (χ1v) is 10.2. The van der Waals surface area contributed by atoms with E-state index in [0.29, 0.717) is 46.5 Å². The van der Waals surface area contributed by atoms with Gasteiger partial charge in [-0.05, 0) is 55.7 Å². The lowest BCUT2D eigenvalue weighted by Gasteiger charge is -2.15. The zero-order chi connectivity index (χ0) is 21.0. The molecule has 2 amide bonds. The number of carbonyl (C=O) groups excluding carboxylic acids is 2. The van der Waals surface area contributed by atoms with Gasteiger partial charge < -0.3 is 10.1 Å². The first-order valence-electron chi connectivity index (χ1n) is 9.40. The van der Waals surface area contributed by atoms with Crippen LogP contribution in [-0.4, -0.2) is 36.5 Å². The average molecular weight is 433 g/mol. The normalized spacial score (nSPS) is 14.1. The molecule has 1 heterocycles. The minimum Gasteiger partial charge on any atom is -0.382 e. The number of nitrogens with zero attached hydrogens (tertiary/aromatic N) is 1. The van der Waals surface area contributed by atoms with Crippen molar-refractivity contribution >= 4 is 46.3 Å². The van der Waals surface area contributed by atoms with Crippen molar-refractivity contribution in [2.45, 2.75) is 20.3 Å². The Balaban J connectivity index is 1.97. The quantitative estimate of drug-likeness (QED) is 0.474. The first-order chi connectivity index (χ1) is 13.9. The summed E-state index contributed by atoms with van der Waals surface area (Å²) in [6.07, 6.45) is 0.572. The van der Waals surface area contributed by atoms with Crippen molar-refractivity contribution in [1.82, 2.24) is 4.90 Å². The molecule has 0 unspecified atom stereocenters. The molecule has 152 valence electrons. The van der Waals surface area contributed by atoms with Crippen LogP contribution >= 0.6 is 23.2 Å². The Labute approximate surface area is 180 Å². The maximum absolute atomic E-state index is 13.1. The second-order valence-corrected chi connectivity index (χ2v) is 7.45. The Kier molecular flexibility index (Phi) is 6.96. The molecule has 0 spiro atoms. The van der Waals surface area contributed by atoms with Crippen molar-refractivity contribution < 1.29 is 14.3 Å². The monoisotopic (exact) mass is 432 g/mol. The van der Waals surface area contributed by atoms with Crippen molar-refractivity contribution in [2.24, 2.45) is 0 Å². The summed E-state index contributed by atoms with van der Waals surface area (Å²) < 4.78 is 5.33. The Hall–Kier alpha value is -2.34. The van der Waals surface area contributed by atoms with Crippen LogP contribution < -0.4 is 5.32 Å². The van der Waals surface area contributed by atoms with Gasteiger partial charge >= 0.3 is 0 Å². The summed E-state index contributed by atoms with van der Waals surface area (Å²) >= 11 is 12.2. The van der Waals surface area contributed by atoms with Gasteiger partial charge in [-0.1, -0.05) is 41.4 Å². The molecule has 0 aromatic heterocycles. The Morgan fingerprint density at radius 3 is 2.45 bits per heavy atom. The van der Waals surface area contributed by atoms with Crippen LogP contribution in [0.15, 0.2) is 48.2 Å². The van der Waals surface area contributed by atoms with Crippen LogP contribution in [-0.2, 0) is 14.3 Å². The number of hydrogen-bond acceptors (Lipinski definition) is 4. The minimum absolute atomic E-state index is 0.235. The lowest BCUT2D eigenvalue weighted by atomic mass is 10.0. The highest BCUT2D eigenvalue weighted by Crippen LogP contribution is 2.33. The van der Waals surface area contributed by atoms with E-state index in [1.54, 1.807) is 36.4 Å². The number of carbonyl (C=O) groups is 2. The van der Waals surface area contributed by atoms with E-state index < -0.39 is 0 Å². The van der Waals surface area contributed by atoms with Gasteiger partial charge in [0.25, 0.3) is 11.8 Å². The highest BCUT2D eigenvalue weighted by atomic mass is 35.5. The van der Waals surface area contributed by atoms with E-state index in [-0.39, 0.29) is 24.1 Å². The number of hydrogen-bond donors (Lipinski definition) is 1. The van der Waals surface area contributed by atoms with Crippen molar-refractivity contribution in [1.29, 1.82) is 0 Å². The average Bonchev–Trinajstić information content (AvgIpc) is 2.93. The summed E-state index contributed by atoms with van der Waals surface area (Å²) in [4.78, 5) is 27.5. The molecule has 1 aliphatic rings. The fourth-order valence-electron chi connectivity index (χ4n) is 3.13. The van der Waals surface area contributed by atoms with Gasteiger partial charge in [0, 0.05) is 35.5 Å². The van der Waals surface area contributed by atoms with Crippen molar-refractivity contribution in [2.75, 3.05) is 25.1 Å². The largest absolute Gasteiger partial charge is 0.382 e. The van der Waals surface area contributed by atoms with Crippen molar-refractivity contribution in [3.05, 3.63) is 69.3 Å². The number of ether oxygens (including phenoxy) is 1. The van der Waals surface area contributed by atoms with E-state index in [0.717, 1.165) is 5.56 Å². The van der Waals surface area contributed by atoms with Gasteiger partial charge in [0.2, 0.25) is 0 Å². The predicted octanol–water partition coefficient (Wildman–Crippen LogP) is 4.92. The zero-order valence-electron chi connectivity index (χ0n) is 16.3. The summed E-state index contributed by atoms with van der Waals surface area (Å²) in [5.41, 5.74) is 2.66. The smallest absolute Gasteiger partial charge is 0.278 e. The molecular weight excluding hydrogens is 411 g/mol. The van der Waals surface area contributed by atoms with Crippen LogP contribution in [0.1, 0.15) is 24.5 Å².